The van der Waals surface area contributed by atoms with Crippen LogP contribution >= 0.6 is 0 Å². The molecule has 1 aromatic heterocycles. The summed E-state index contributed by atoms with van der Waals surface area (Å²) in [5.74, 6) is -0.673. The number of pyridine rings is 1. The Hall–Kier alpha value is -1.46. The number of fused-ring (bicyclic) bond motifs is 2. The summed E-state index contributed by atoms with van der Waals surface area (Å²) in [4.78, 5) is 19.1. The number of nitrogens with zero attached hydrogens (tertiary/aromatic N) is 2. The Morgan fingerprint density at radius 1 is 1.43 bits per heavy atom. The van der Waals surface area contributed by atoms with Crippen LogP contribution in [0.15, 0.2) is 24.4 Å². The lowest BCUT2D eigenvalue weighted by Crippen LogP contribution is -2.49. The second-order valence-electron chi connectivity index (χ2n) is 6.22. The van der Waals surface area contributed by atoms with E-state index in [1.54, 1.807) is 12.3 Å². The van der Waals surface area contributed by atoms with Crippen LogP contribution in [-0.4, -0.2) is 52.7 Å². The van der Waals surface area contributed by atoms with Crippen molar-refractivity contribution in [1.29, 1.82) is 0 Å². The average Bonchev–Trinajstić information content (AvgIpc) is 2.72. The van der Waals surface area contributed by atoms with Gasteiger partial charge in [-0.25, -0.2) is 0 Å². The summed E-state index contributed by atoms with van der Waals surface area (Å²) in [5, 5.41) is 12.7. The quantitative estimate of drug-likeness (QED) is 0.864. The van der Waals surface area contributed by atoms with Crippen LogP contribution in [0.3, 0.4) is 0 Å². The fourth-order valence-corrected chi connectivity index (χ4v) is 3.72. The first kappa shape index (κ1) is 14.5. The summed E-state index contributed by atoms with van der Waals surface area (Å²) in [5.41, 5.74) is 0.633. The van der Waals surface area contributed by atoms with E-state index in [0.29, 0.717) is 17.8 Å². The van der Waals surface area contributed by atoms with Gasteiger partial charge >= 0.3 is 0 Å². The van der Waals surface area contributed by atoms with E-state index in [-0.39, 0.29) is 18.6 Å². The van der Waals surface area contributed by atoms with E-state index in [2.05, 4.69) is 22.2 Å². The molecule has 2 N–H and O–H groups in total. The highest BCUT2D eigenvalue weighted by Gasteiger charge is 2.39. The number of carbonyl (C=O) groups is 1. The van der Waals surface area contributed by atoms with E-state index in [1.165, 1.54) is 12.8 Å². The number of carbonyl (C=O) groups excluding carboxylic acids is 1. The summed E-state index contributed by atoms with van der Waals surface area (Å²) in [6, 6.07) is 6.86. The van der Waals surface area contributed by atoms with Gasteiger partial charge in [-0.1, -0.05) is 6.07 Å². The van der Waals surface area contributed by atoms with Gasteiger partial charge in [0.15, 0.2) is 0 Å². The van der Waals surface area contributed by atoms with E-state index in [1.807, 2.05) is 12.1 Å². The maximum Gasteiger partial charge on any atom is 0.231 e. The van der Waals surface area contributed by atoms with Crippen molar-refractivity contribution in [3.05, 3.63) is 30.1 Å². The van der Waals surface area contributed by atoms with Crippen LogP contribution in [-0.2, 0) is 4.79 Å². The highest BCUT2D eigenvalue weighted by atomic mass is 16.3. The monoisotopic (exact) mass is 289 g/mol. The van der Waals surface area contributed by atoms with Crippen molar-refractivity contribution in [3.8, 4) is 0 Å². The molecule has 3 atom stereocenters. The van der Waals surface area contributed by atoms with E-state index >= 15 is 0 Å². The molecule has 2 aliphatic heterocycles. The zero-order valence-corrected chi connectivity index (χ0v) is 12.4. The van der Waals surface area contributed by atoms with E-state index in [9.17, 15) is 9.90 Å². The van der Waals surface area contributed by atoms with Crippen LogP contribution in [0.25, 0.3) is 0 Å². The molecule has 114 valence electrons. The molecule has 5 heteroatoms. The van der Waals surface area contributed by atoms with Crippen LogP contribution in [0.1, 0.15) is 37.3 Å². The largest absolute Gasteiger partial charge is 0.395 e. The summed E-state index contributed by atoms with van der Waals surface area (Å²) in [7, 11) is 2.19. The van der Waals surface area contributed by atoms with Crippen LogP contribution in [0.4, 0.5) is 0 Å². The van der Waals surface area contributed by atoms with Gasteiger partial charge in [0.05, 0.1) is 12.3 Å². The van der Waals surface area contributed by atoms with Gasteiger partial charge in [0.1, 0.15) is 5.92 Å². The van der Waals surface area contributed by atoms with Crippen LogP contribution in [0.2, 0.25) is 0 Å². The van der Waals surface area contributed by atoms with Crippen molar-refractivity contribution in [2.45, 2.75) is 49.7 Å². The topological polar surface area (TPSA) is 65.5 Å². The third-order valence-electron chi connectivity index (χ3n) is 4.99. The number of hydrogen-bond donors (Lipinski definition) is 2. The number of aliphatic hydroxyl groups is 1. The summed E-state index contributed by atoms with van der Waals surface area (Å²) in [6.45, 7) is -0.206. The lowest BCUT2D eigenvalue weighted by Gasteiger charge is -2.37. The Bertz CT molecular complexity index is 480. The van der Waals surface area contributed by atoms with Gasteiger partial charge in [-0.3, -0.25) is 9.78 Å². The third kappa shape index (κ3) is 2.94. The molecule has 21 heavy (non-hydrogen) atoms. The molecule has 3 rings (SSSR count). The summed E-state index contributed by atoms with van der Waals surface area (Å²) < 4.78 is 0. The molecule has 3 unspecified atom stereocenters. The maximum atomic E-state index is 12.4. The van der Waals surface area contributed by atoms with E-state index < -0.39 is 5.92 Å². The SMILES string of the molecule is CN1C2CCC1CC(NC(=O)C(CO)c1ccccn1)C2. The molecular formula is C16H23N3O2. The van der Waals surface area contributed by atoms with Crippen molar-refractivity contribution < 1.29 is 9.90 Å². The second kappa shape index (κ2) is 6.12. The summed E-state index contributed by atoms with van der Waals surface area (Å²) in [6.07, 6.45) is 6.15. The normalized spacial score (nSPS) is 30.1. The first-order valence-corrected chi connectivity index (χ1v) is 7.73. The Kier molecular flexibility index (Phi) is 4.22. The molecule has 1 amide bonds. The molecule has 0 saturated carbocycles. The number of aliphatic hydroxyl groups excluding tert-OH is 1. The highest BCUT2D eigenvalue weighted by Crippen LogP contribution is 2.34. The predicted molar refractivity (Wildman–Crippen MR) is 79.8 cm³/mol. The second-order valence-corrected chi connectivity index (χ2v) is 6.22. The average molecular weight is 289 g/mol. The fourth-order valence-electron chi connectivity index (χ4n) is 3.72. The van der Waals surface area contributed by atoms with Gasteiger partial charge in [0.2, 0.25) is 5.91 Å². The van der Waals surface area contributed by atoms with Gasteiger partial charge in [0.25, 0.3) is 0 Å². The van der Waals surface area contributed by atoms with Gasteiger partial charge in [-0.05, 0) is 44.9 Å². The first-order chi connectivity index (χ1) is 10.2. The maximum absolute atomic E-state index is 12.4. The highest BCUT2D eigenvalue weighted by molar-refractivity contribution is 5.83. The molecule has 0 aliphatic carbocycles. The molecule has 0 radical (unpaired) electrons. The van der Waals surface area contributed by atoms with Crippen molar-refractivity contribution >= 4 is 5.91 Å². The zero-order valence-electron chi connectivity index (χ0n) is 12.4. The number of amides is 1. The Morgan fingerprint density at radius 3 is 2.71 bits per heavy atom. The van der Waals surface area contributed by atoms with Crippen LogP contribution < -0.4 is 5.32 Å². The first-order valence-electron chi connectivity index (χ1n) is 7.73. The molecule has 5 nitrogen and oxygen atoms in total. The lowest BCUT2D eigenvalue weighted by atomic mass is 9.96. The van der Waals surface area contributed by atoms with Gasteiger partial charge in [-0.2, -0.15) is 0 Å². The molecule has 2 aliphatic rings. The van der Waals surface area contributed by atoms with Crippen molar-refractivity contribution in [1.82, 2.24) is 15.2 Å². The molecule has 2 fully saturated rings. The minimum atomic E-state index is -0.566. The number of aromatic nitrogens is 1. The number of piperidine rings is 1. The molecule has 0 spiro atoms. The van der Waals surface area contributed by atoms with Crippen LogP contribution in [0.5, 0.6) is 0 Å². The minimum Gasteiger partial charge on any atom is -0.395 e. The fraction of sp³-hybridized carbons (Fsp3) is 0.625. The Labute approximate surface area is 125 Å². The van der Waals surface area contributed by atoms with Gasteiger partial charge in [0, 0.05) is 24.3 Å². The lowest BCUT2D eigenvalue weighted by molar-refractivity contribution is -0.124. The molecule has 3 heterocycles. The molecule has 2 bridgehead atoms. The van der Waals surface area contributed by atoms with Crippen molar-refractivity contribution in [2.75, 3.05) is 13.7 Å². The third-order valence-corrected chi connectivity index (χ3v) is 4.99. The molecular weight excluding hydrogens is 266 g/mol. The minimum absolute atomic E-state index is 0.106. The van der Waals surface area contributed by atoms with Crippen LogP contribution in [0, 0.1) is 0 Å². The Balaban J connectivity index is 1.63. The number of nitrogens with one attached hydrogen (secondary N) is 1. The molecule has 1 aromatic rings. The van der Waals surface area contributed by atoms with Gasteiger partial charge in [-0.15, -0.1) is 0 Å². The summed E-state index contributed by atoms with van der Waals surface area (Å²) >= 11 is 0. The van der Waals surface area contributed by atoms with E-state index in [0.717, 1.165) is 12.8 Å². The smallest absolute Gasteiger partial charge is 0.231 e. The Morgan fingerprint density at radius 2 is 2.14 bits per heavy atom. The molecule has 2 saturated heterocycles. The zero-order chi connectivity index (χ0) is 14.8. The number of rotatable bonds is 4. The van der Waals surface area contributed by atoms with E-state index in [4.69, 9.17) is 0 Å². The van der Waals surface area contributed by atoms with Crippen molar-refractivity contribution in [3.63, 3.8) is 0 Å². The van der Waals surface area contributed by atoms with Gasteiger partial charge < -0.3 is 15.3 Å². The standard InChI is InChI=1S/C16H23N3O2/c1-19-12-5-6-13(19)9-11(8-12)18-16(21)14(10-20)15-4-2-3-7-17-15/h2-4,7,11-14,20H,5-6,8-10H2,1H3,(H,18,21). The molecule has 0 aromatic carbocycles. The number of hydrogen-bond acceptors (Lipinski definition) is 4. The predicted octanol–water partition coefficient (Wildman–Crippen LogP) is 0.899. The van der Waals surface area contributed by atoms with Crippen molar-refractivity contribution in [2.24, 2.45) is 0 Å².